The smallest absolute Gasteiger partial charge is 0.256 e. The van der Waals surface area contributed by atoms with Crippen molar-refractivity contribution in [3.05, 3.63) is 24.9 Å². The molecule has 14 nitrogen and oxygen atoms in total. The normalized spacial score (nSPS) is 27.7. The molecular formula is C20H23N11O3. The Morgan fingerprint density at radius 3 is 2.76 bits per heavy atom. The summed E-state index contributed by atoms with van der Waals surface area (Å²) in [6.45, 7) is 0. The number of fused-ring (bicyclic) bond motifs is 2. The predicted molar refractivity (Wildman–Crippen MR) is 118 cm³/mol. The topological polar surface area (TPSA) is 174 Å². The van der Waals surface area contributed by atoms with Gasteiger partial charge in [0, 0.05) is 38.8 Å². The van der Waals surface area contributed by atoms with Crippen LogP contribution in [0.15, 0.2) is 24.9 Å². The molecule has 34 heavy (non-hydrogen) atoms. The molecule has 1 amide bonds. The van der Waals surface area contributed by atoms with Crippen molar-refractivity contribution in [1.29, 1.82) is 0 Å². The molecule has 2 fully saturated rings. The van der Waals surface area contributed by atoms with E-state index in [0.29, 0.717) is 29.1 Å². The number of anilines is 1. The minimum absolute atomic E-state index is 0.241. The Morgan fingerprint density at radius 2 is 2.06 bits per heavy atom. The second-order valence-electron chi connectivity index (χ2n) is 8.75. The van der Waals surface area contributed by atoms with Crippen molar-refractivity contribution in [2.45, 2.75) is 24.7 Å². The van der Waals surface area contributed by atoms with Gasteiger partial charge in [-0.25, -0.2) is 4.98 Å². The van der Waals surface area contributed by atoms with Crippen LogP contribution in [0.25, 0.3) is 28.4 Å². The summed E-state index contributed by atoms with van der Waals surface area (Å²) in [5, 5.41) is 39.8. The van der Waals surface area contributed by atoms with Gasteiger partial charge in [0.25, 0.3) is 5.95 Å². The van der Waals surface area contributed by atoms with Crippen LogP contribution < -0.4 is 10.6 Å². The van der Waals surface area contributed by atoms with Crippen LogP contribution in [0.3, 0.4) is 0 Å². The van der Waals surface area contributed by atoms with Gasteiger partial charge in [-0.1, -0.05) is 5.21 Å². The largest absolute Gasteiger partial charge is 0.389 e. The number of carbonyl (C=O) groups is 1. The second-order valence-corrected chi connectivity index (χ2v) is 8.75. The Hall–Kier alpha value is -3.91. The van der Waals surface area contributed by atoms with Gasteiger partial charge in [0.1, 0.15) is 11.8 Å². The highest BCUT2D eigenvalue weighted by molar-refractivity contribution is 5.88. The van der Waals surface area contributed by atoms with Crippen molar-refractivity contribution in [1.82, 2.24) is 49.6 Å². The van der Waals surface area contributed by atoms with E-state index < -0.39 is 23.7 Å². The monoisotopic (exact) mass is 465 g/mol. The van der Waals surface area contributed by atoms with Gasteiger partial charge in [0.2, 0.25) is 5.91 Å². The van der Waals surface area contributed by atoms with Crippen molar-refractivity contribution in [2.75, 3.05) is 19.4 Å². The molecule has 0 spiro atoms. The molecule has 5 atom stereocenters. The maximum Gasteiger partial charge on any atom is 0.256 e. The Morgan fingerprint density at radius 1 is 1.24 bits per heavy atom. The molecule has 2 aliphatic carbocycles. The zero-order valence-corrected chi connectivity index (χ0v) is 18.7. The third-order valence-electron chi connectivity index (χ3n) is 6.99. The van der Waals surface area contributed by atoms with Crippen LogP contribution in [-0.2, 0) is 11.8 Å². The Labute approximate surface area is 192 Å². The third kappa shape index (κ3) is 2.66. The number of carbonyl (C=O) groups excluding carboxylic acids is 1. The summed E-state index contributed by atoms with van der Waals surface area (Å²) in [6.07, 6.45) is 4.93. The van der Waals surface area contributed by atoms with E-state index in [1.807, 2.05) is 13.2 Å². The molecule has 4 aromatic rings. The summed E-state index contributed by atoms with van der Waals surface area (Å²) in [7, 11) is 5.07. The van der Waals surface area contributed by atoms with Crippen molar-refractivity contribution in [2.24, 2.45) is 18.4 Å². The molecule has 14 heteroatoms. The minimum atomic E-state index is -1.18. The summed E-state index contributed by atoms with van der Waals surface area (Å²) in [5.74, 6) is 0.212. The number of nitrogens with zero attached hydrogens (tertiary/aromatic N) is 9. The molecular weight excluding hydrogens is 442 g/mol. The SMILES string of the molecule is CNC(=O)[C@@]12C[C@@H]1[C@@H](n1cnc3c(NC)nc(-n4cc(-c5cnn(C)c5)nn4)nc31)[C@H](O)[C@@H]2O. The number of amides is 1. The highest BCUT2D eigenvalue weighted by atomic mass is 16.3. The maximum absolute atomic E-state index is 12.5. The number of nitrogens with one attached hydrogen (secondary N) is 2. The second kappa shape index (κ2) is 7.04. The van der Waals surface area contributed by atoms with Gasteiger partial charge in [-0.15, -0.1) is 5.10 Å². The summed E-state index contributed by atoms with van der Waals surface area (Å²) in [4.78, 5) is 26.1. The fourth-order valence-electron chi connectivity index (χ4n) is 5.23. The number of imidazole rings is 1. The summed E-state index contributed by atoms with van der Waals surface area (Å²) in [6, 6.07) is -0.563. The molecule has 2 aliphatic rings. The quantitative estimate of drug-likeness (QED) is 0.283. The molecule has 6 rings (SSSR count). The zero-order valence-electron chi connectivity index (χ0n) is 18.7. The van der Waals surface area contributed by atoms with Crippen LogP contribution >= 0.6 is 0 Å². The van der Waals surface area contributed by atoms with E-state index in [1.165, 1.54) is 11.7 Å². The van der Waals surface area contributed by atoms with Gasteiger partial charge in [0.05, 0.1) is 36.3 Å². The Balaban J connectivity index is 1.43. The standard InChI is InChI=1S/C20H23N11O3/c1-21-16-12-17(26-19(25-16)31-7-11(27-28-31)9-5-24-29(3)6-9)30(8-23-12)13-10-4-20(10,18(34)22-2)15(33)14(13)32/h5-8,10,13-15,32-33H,4H2,1-3H3,(H,22,34)(H,21,25,26)/t10-,13-,14+,15+,20+/m1/s1. The van der Waals surface area contributed by atoms with Crippen LogP contribution in [0.4, 0.5) is 5.82 Å². The van der Waals surface area contributed by atoms with Crippen LogP contribution in [-0.4, -0.2) is 86.7 Å². The molecule has 0 bridgehead atoms. The number of aromatic nitrogens is 9. The lowest BCUT2D eigenvalue weighted by molar-refractivity contribution is -0.132. The first-order valence-corrected chi connectivity index (χ1v) is 10.8. The van der Waals surface area contributed by atoms with E-state index in [4.69, 9.17) is 0 Å². The third-order valence-corrected chi connectivity index (χ3v) is 6.99. The van der Waals surface area contributed by atoms with Gasteiger partial charge >= 0.3 is 0 Å². The highest BCUT2D eigenvalue weighted by Crippen LogP contribution is 2.67. The number of hydrogen-bond acceptors (Lipinski definition) is 10. The summed E-state index contributed by atoms with van der Waals surface area (Å²) >= 11 is 0. The number of rotatable bonds is 5. The van der Waals surface area contributed by atoms with E-state index >= 15 is 0 Å². The highest BCUT2D eigenvalue weighted by Gasteiger charge is 2.75. The maximum atomic E-state index is 12.5. The summed E-state index contributed by atoms with van der Waals surface area (Å²) < 4.78 is 4.84. The lowest BCUT2D eigenvalue weighted by atomic mass is 9.98. The van der Waals surface area contributed by atoms with Crippen molar-refractivity contribution in [3.8, 4) is 17.2 Å². The predicted octanol–water partition coefficient (Wildman–Crippen LogP) is -1.12. The first-order valence-electron chi connectivity index (χ1n) is 10.8. The van der Waals surface area contributed by atoms with E-state index in [1.54, 1.807) is 35.0 Å². The number of hydrogen-bond donors (Lipinski definition) is 4. The molecule has 0 saturated heterocycles. The molecule has 2 saturated carbocycles. The Kier molecular flexibility index (Phi) is 4.28. The van der Waals surface area contributed by atoms with Crippen molar-refractivity contribution in [3.63, 3.8) is 0 Å². The van der Waals surface area contributed by atoms with Gasteiger partial charge in [-0.3, -0.25) is 9.48 Å². The Bertz CT molecular complexity index is 1420. The van der Waals surface area contributed by atoms with E-state index in [2.05, 4.69) is 41.0 Å². The zero-order chi connectivity index (χ0) is 23.8. The van der Waals surface area contributed by atoms with Crippen LogP contribution in [0.5, 0.6) is 0 Å². The van der Waals surface area contributed by atoms with Gasteiger partial charge in [-0.2, -0.15) is 19.7 Å². The van der Waals surface area contributed by atoms with E-state index in [9.17, 15) is 15.0 Å². The summed E-state index contributed by atoms with van der Waals surface area (Å²) in [5.41, 5.74) is 1.36. The molecule has 0 aromatic carbocycles. The van der Waals surface area contributed by atoms with Crippen molar-refractivity contribution < 1.29 is 15.0 Å². The molecule has 0 aliphatic heterocycles. The molecule has 176 valence electrons. The average molecular weight is 465 g/mol. The van der Waals surface area contributed by atoms with Gasteiger partial charge < -0.3 is 25.4 Å². The number of aliphatic hydroxyl groups is 2. The van der Waals surface area contributed by atoms with Crippen LogP contribution in [0.1, 0.15) is 12.5 Å². The van der Waals surface area contributed by atoms with Crippen LogP contribution in [0, 0.1) is 11.3 Å². The van der Waals surface area contributed by atoms with Crippen LogP contribution in [0.2, 0.25) is 0 Å². The lowest BCUT2D eigenvalue weighted by Crippen LogP contribution is -2.41. The molecule has 4 aromatic heterocycles. The number of aryl methyl sites for hydroxylation is 1. The first-order chi connectivity index (χ1) is 16.4. The van der Waals surface area contributed by atoms with Gasteiger partial charge in [0.15, 0.2) is 17.0 Å². The lowest BCUT2D eigenvalue weighted by Gasteiger charge is -2.23. The molecule has 0 unspecified atom stereocenters. The molecule has 4 N–H and O–H groups in total. The fraction of sp³-hybridized carbons (Fsp3) is 0.450. The minimum Gasteiger partial charge on any atom is -0.389 e. The van der Waals surface area contributed by atoms with Gasteiger partial charge in [-0.05, 0) is 6.42 Å². The average Bonchev–Trinajstić information content (AvgIpc) is 3.26. The molecule has 0 radical (unpaired) electrons. The van der Waals surface area contributed by atoms with E-state index in [0.717, 1.165) is 5.56 Å². The molecule has 4 heterocycles. The fourth-order valence-corrected chi connectivity index (χ4v) is 5.23. The van der Waals surface area contributed by atoms with Crippen molar-refractivity contribution >= 4 is 22.9 Å². The van der Waals surface area contributed by atoms with E-state index in [-0.39, 0.29) is 17.8 Å². The first kappa shape index (κ1) is 20.7. The number of aliphatic hydroxyl groups excluding tert-OH is 2.